The van der Waals surface area contributed by atoms with Gasteiger partial charge in [-0.15, -0.1) is 23.1 Å². The van der Waals surface area contributed by atoms with Crippen molar-refractivity contribution in [2.45, 2.75) is 11.8 Å². The molecule has 0 aliphatic rings. The van der Waals surface area contributed by atoms with E-state index in [4.69, 9.17) is 0 Å². The average Bonchev–Trinajstić information content (AvgIpc) is 2.98. The predicted octanol–water partition coefficient (Wildman–Crippen LogP) is 2.61. The molecule has 0 unspecified atom stereocenters. The van der Waals surface area contributed by atoms with Gasteiger partial charge in [0.2, 0.25) is 5.91 Å². The summed E-state index contributed by atoms with van der Waals surface area (Å²) in [4.78, 5) is 24.8. The molecule has 0 bridgehead atoms. The summed E-state index contributed by atoms with van der Waals surface area (Å²) in [6.07, 6.45) is 0. The lowest BCUT2D eigenvalue weighted by atomic mass is 10.2. The van der Waals surface area contributed by atoms with E-state index in [0.717, 1.165) is 4.90 Å². The largest absolute Gasteiger partial charge is 0.279 e. The van der Waals surface area contributed by atoms with Crippen molar-refractivity contribution >= 4 is 34.9 Å². The minimum Gasteiger partial charge on any atom is -0.272 e. The summed E-state index contributed by atoms with van der Waals surface area (Å²) in [5.74, 6) is -0.275. The summed E-state index contributed by atoms with van der Waals surface area (Å²) in [6, 6.07) is 11.4. The number of benzene rings is 1. The molecule has 1 aromatic carbocycles. The maximum atomic E-state index is 11.6. The van der Waals surface area contributed by atoms with Crippen molar-refractivity contribution in [3.05, 3.63) is 52.2 Å². The van der Waals surface area contributed by atoms with Crippen LogP contribution in [0.3, 0.4) is 0 Å². The Morgan fingerprint density at radius 3 is 2.55 bits per heavy atom. The highest BCUT2D eigenvalue weighted by atomic mass is 32.2. The molecule has 20 heavy (non-hydrogen) atoms. The molecule has 0 radical (unpaired) electrons. The van der Waals surface area contributed by atoms with Gasteiger partial charge in [0.15, 0.2) is 0 Å². The smallest absolute Gasteiger partial charge is 0.272 e. The molecule has 0 aliphatic carbocycles. The first-order valence-electron chi connectivity index (χ1n) is 5.97. The SMILES string of the molecule is Cc1ccc(SCC(=O)NNC(=O)c2cccs2)cc1. The summed E-state index contributed by atoms with van der Waals surface area (Å²) in [7, 11) is 0. The van der Waals surface area contributed by atoms with Crippen molar-refractivity contribution in [1.29, 1.82) is 0 Å². The minimum atomic E-state index is -0.298. The van der Waals surface area contributed by atoms with Crippen molar-refractivity contribution in [2.75, 3.05) is 5.75 Å². The molecule has 0 aliphatic heterocycles. The van der Waals surface area contributed by atoms with Crippen LogP contribution >= 0.6 is 23.1 Å². The maximum Gasteiger partial charge on any atom is 0.279 e. The fraction of sp³-hybridized carbons (Fsp3) is 0.143. The minimum absolute atomic E-state index is 0.236. The second kappa shape index (κ2) is 7.12. The van der Waals surface area contributed by atoms with Gasteiger partial charge < -0.3 is 0 Å². The second-order valence-electron chi connectivity index (χ2n) is 4.08. The van der Waals surface area contributed by atoms with Gasteiger partial charge in [-0.05, 0) is 30.5 Å². The van der Waals surface area contributed by atoms with E-state index in [9.17, 15) is 9.59 Å². The van der Waals surface area contributed by atoms with Crippen molar-refractivity contribution in [2.24, 2.45) is 0 Å². The third-order valence-electron chi connectivity index (χ3n) is 2.45. The highest BCUT2D eigenvalue weighted by Crippen LogP contribution is 2.17. The van der Waals surface area contributed by atoms with E-state index in [1.807, 2.05) is 36.6 Å². The maximum absolute atomic E-state index is 11.6. The van der Waals surface area contributed by atoms with E-state index in [-0.39, 0.29) is 17.6 Å². The van der Waals surface area contributed by atoms with E-state index in [1.54, 1.807) is 12.1 Å². The summed E-state index contributed by atoms with van der Waals surface area (Å²) in [6.45, 7) is 2.02. The van der Waals surface area contributed by atoms with Crippen molar-refractivity contribution in [1.82, 2.24) is 10.9 Å². The van der Waals surface area contributed by atoms with Crippen LogP contribution < -0.4 is 10.9 Å². The van der Waals surface area contributed by atoms with Gasteiger partial charge >= 0.3 is 0 Å². The number of carbonyl (C=O) groups is 2. The molecule has 1 aromatic heterocycles. The fourth-order valence-electron chi connectivity index (χ4n) is 1.42. The Balaban J connectivity index is 1.73. The Labute approximate surface area is 125 Å². The molecule has 104 valence electrons. The van der Waals surface area contributed by atoms with Gasteiger partial charge in [-0.2, -0.15) is 0 Å². The van der Waals surface area contributed by atoms with Gasteiger partial charge in [0, 0.05) is 4.90 Å². The zero-order valence-corrected chi connectivity index (χ0v) is 12.5. The fourth-order valence-corrected chi connectivity index (χ4v) is 2.73. The van der Waals surface area contributed by atoms with Gasteiger partial charge in [0.05, 0.1) is 10.6 Å². The zero-order chi connectivity index (χ0) is 14.4. The quantitative estimate of drug-likeness (QED) is 0.674. The molecule has 1 heterocycles. The molecule has 0 atom stereocenters. The molecule has 0 spiro atoms. The van der Waals surface area contributed by atoms with Crippen molar-refractivity contribution in [3.63, 3.8) is 0 Å². The van der Waals surface area contributed by atoms with E-state index < -0.39 is 0 Å². The standard InChI is InChI=1S/C14H14N2O2S2/c1-10-4-6-11(7-5-10)20-9-13(17)15-16-14(18)12-3-2-8-19-12/h2-8H,9H2,1H3,(H,15,17)(H,16,18). The van der Waals surface area contributed by atoms with Crippen LogP contribution in [0.1, 0.15) is 15.2 Å². The Bertz CT molecular complexity index is 580. The van der Waals surface area contributed by atoms with Crippen molar-refractivity contribution < 1.29 is 9.59 Å². The number of amides is 2. The van der Waals surface area contributed by atoms with Crippen LogP contribution in [0.2, 0.25) is 0 Å². The molecular weight excluding hydrogens is 292 g/mol. The zero-order valence-electron chi connectivity index (χ0n) is 10.9. The number of nitrogens with one attached hydrogen (secondary N) is 2. The first kappa shape index (κ1) is 14.6. The molecule has 2 amide bonds. The van der Waals surface area contributed by atoms with Crippen molar-refractivity contribution in [3.8, 4) is 0 Å². The molecule has 2 rings (SSSR count). The first-order valence-corrected chi connectivity index (χ1v) is 7.84. The number of thioether (sulfide) groups is 1. The number of hydrazine groups is 1. The molecule has 2 aromatic rings. The average molecular weight is 306 g/mol. The number of aryl methyl sites for hydroxylation is 1. The number of thiophene rings is 1. The molecule has 4 nitrogen and oxygen atoms in total. The lowest BCUT2D eigenvalue weighted by Gasteiger charge is -2.06. The van der Waals surface area contributed by atoms with Gasteiger partial charge in [-0.1, -0.05) is 23.8 Å². The van der Waals surface area contributed by atoms with Crippen LogP contribution in [0.25, 0.3) is 0 Å². The highest BCUT2D eigenvalue weighted by Gasteiger charge is 2.08. The van der Waals surface area contributed by atoms with Crippen LogP contribution in [-0.4, -0.2) is 17.6 Å². The third-order valence-corrected chi connectivity index (χ3v) is 4.33. The van der Waals surface area contributed by atoms with Crippen LogP contribution in [0, 0.1) is 6.92 Å². The van der Waals surface area contributed by atoms with Gasteiger partial charge in [-0.3, -0.25) is 20.4 Å². The van der Waals surface area contributed by atoms with E-state index in [2.05, 4.69) is 10.9 Å². The second-order valence-corrected chi connectivity index (χ2v) is 6.08. The van der Waals surface area contributed by atoms with E-state index in [0.29, 0.717) is 4.88 Å². The Morgan fingerprint density at radius 1 is 1.15 bits per heavy atom. The predicted molar refractivity (Wildman–Crippen MR) is 81.8 cm³/mol. The third kappa shape index (κ3) is 4.40. The van der Waals surface area contributed by atoms with Crippen LogP contribution in [0.15, 0.2) is 46.7 Å². The lowest BCUT2D eigenvalue weighted by Crippen LogP contribution is -2.42. The Hall–Kier alpha value is -1.79. The number of hydrogen-bond acceptors (Lipinski definition) is 4. The summed E-state index contributed by atoms with van der Waals surface area (Å²) < 4.78 is 0. The summed E-state index contributed by atoms with van der Waals surface area (Å²) >= 11 is 2.75. The Kier molecular flexibility index (Phi) is 5.20. The van der Waals surface area contributed by atoms with Gasteiger partial charge in [0.25, 0.3) is 5.91 Å². The van der Waals surface area contributed by atoms with Crippen LogP contribution in [-0.2, 0) is 4.79 Å². The molecule has 6 heteroatoms. The number of rotatable bonds is 4. The van der Waals surface area contributed by atoms with E-state index in [1.165, 1.54) is 28.7 Å². The first-order chi connectivity index (χ1) is 9.65. The molecule has 0 saturated carbocycles. The molecule has 0 saturated heterocycles. The number of carbonyl (C=O) groups excluding carboxylic acids is 2. The normalized spacial score (nSPS) is 10.1. The van der Waals surface area contributed by atoms with E-state index >= 15 is 0 Å². The topological polar surface area (TPSA) is 58.2 Å². The lowest BCUT2D eigenvalue weighted by molar-refractivity contribution is -0.119. The number of hydrogen-bond donors (Lipinski definition) is 2. The van der Waals surface area contributed by atoms with Gasteiger partial charge in [-0.25, -0.2) is 0 Å². The van der Waals surface area contributed by atoms with Crippen LogP contribution in [0.4, 0.5) is 0 Å². The molecule has 2 N–H and O–H groups in total. The monoisotopic (exact) mass is 306 g/mol. The Morgan fingerprint density at radius 2 is 1.90 bits per heavy atom. The summed E-state index contributed by atoms with van der Waals surface area (Å²) in [5, 5.41) is 1.81. The highest BCUT2D eigenvalue weighted by molar-refractivity contribution is 8.00. The molecule has 0 fully saturated rings. The van der Waals surface area contributed by atoms with Crippen LogP contribution in [0.5, 0.6) is 0 Å². The summed E-state index contributed by atoms with van der Waals surface area (Å²) in [5.41, 5.74) is 5.97. The van der Waals surface area contributed by atoms with Gasteiger partial charge in [0.1, 0.15) is 0 Å². The molecular formula is C14H14N2O2S2.